The van der Waals surface area contributed by atoms with Gasteiger partial charge in [0, 0.05) is 24.9 Å². The molecule has 3 heteroatoms. The van der Waals surface area contributed by atoms with E-state index in [-0.39, 0.29) is 0 Å². The van der Waals surface area contributed by atoms with Gasteiger partial charge < -0.3 is 9.30 Å². The molecule has 1 aliphatic heterocycles. The van der Waals surface area contributed by atoms with E-state index in [9.17, 15) is 0 Å². The van der Waals surface area contributed by atoms with Crippen LogP contribution in [0.2, 0.25) is 0 Å². The maximum absolute atomic E-state index is 5.71. The summed E-state index contributed by atoms with van der Waals surface area (Å²) >= 11 is 0. The molecule has 1 aromatic rings. The summed E-state index contributed by atoms with van der Waals surface area (Å²) in [5.74, 6) is 1.86. The predicted molar refractivity (Wildman–Crippen MR) is 66.9 cm³/mol. The van der Waals surface area contributed by atoms with Crippen LogP contribution >= 0.6 is 0 Å². The molecule has 1 aromatic heterocycles. The summed E-state index contributed by atoms with van der Waals surface area (Å²) in [5.41, 5.74) is 0. The highest BCUT2D eigenvalue weighted by Crippen LogP contribution is 2.28. The normalized spacial score (nSPS) is 28.7. The number of hydrogen-bond donors (Lipinski definition) is 0. The molecule has 0 N–H and O–H groups in total. The Balaban J connectivity index is 1.71. The molecule has 2 heterocycles. The number of allylic oxidation sites excluding steroid dienone is 2. The predicted octanol–water partition coefficient (Wildman–Crippen LogP) is 2.89. The molecule has 3 rings (SSSR count). The average molecular weight is 232 g/mol. The van der Waals surface area contributed by atoms with Gasteiger partial charge in [-0.2, -0.15) is 0 Å². The van der Waals surface area contributed by atoms with Crippen LogP contribution in [0.5, 0.6) is 0 Å². The van der Waals surface area contributed by atoms with Crippen molar-refractivity contribution in [3.8, 4) is 0 Å². The molecule has 2 aliphatic rings. The van der Waals surface area contributed by atoms with E-state index < -0.39 is 0 Å². The van der Waals surface area contributed by atoms with Crippen LogP contribution in [-0.4, -0.2) is 22.3 Å². The second kappa shape index (κ2) is 5.05. The van der Waals surface area contributed by atoms with E-state index in [1.165, 1.54) is 31.5 Å². The maximum atomic E-state index is 5.71. The average Bonchev–Trinajstić information content (AvgIpc) is 3.02. The number of nitrogens with zero attached hydrogens (tertiary/aromatic N) is 2. The summed E-state index contributed by atoms with van der Waals surface area (Å²) in [6.07, 6.45) is 15.0. The smallest absolute Gasteiger partial charge is 0.112 e. The minimum absolute atomic E-state index is 0.405. The highest BCUT2D eigenvalue weighted by atomic mass is 16.5. The Morgan fingerprint density at radius 2 is 2.35 bits per heavy atom. The Kier molecular flexibility index (Phi) is 3.27. The van der Waals surface area contributed by atoms with E-state index >= 15 is 0 Å². The third-order valence-corrected chi connectivity index (χ3v) is 3.81. The molecular formula is C14H20N2O. The molecule has 0 saturated carbocycles. The molecule has 1 aliphatic carbocycles. The van der Waals surface area contributed by atoms with Gasteiger partial charge in [0.15, 0.2) is 0 Å². The van der Waals surface area contributed by atoms with Gasteiger partial charge in [-0.15, -0.1) is 0 Å². The second-order valence-corrected chi connectivity index (χ2v) is 5.05. The molecule has 92 valence electrons. The largest absolute Gasteiger partial charge is 0.376 e. The Morgan fingerprint density at radius 1 is 1.35 bits per heavy atom. The third-order valence-electron chi connectivity index (χ3n) is 3.81. The van der Waals surface area contributed by atoms with Gasteiger partial charge in [0.05, 0.1) is 12.6 Å². The molecule has 0 spiro atoms. The van der Waals surface area contributed by atoms with Crippen LogP contribution in [0.3, 0.4) is 0 Å². The quantitative estimate of drug-likeness (QED) is 0.749. The lowest BCUT2D eigenvalue weighted by Gasteiger charge is -2.20. The van der Waals surface area contributed by atoms with Crippen LogP contribution in [0.25, 0.3) is 0 Å². The molecule has 0 bridgehead atoms. The lowest BCUT2D eigenvalue weighted by Crippen LogP contribution is -2.18. The first-order valence-corrected chi connectivity index (χ1v) is 6.71. The topological polar surface area (TPSA) is 27.1 Å². The highest BCUT2D eigenvalue weighted by Gasteiger charge is 2.21. The van der Waals surface area contributed by atoms with E-state index in [4.69, 9.17) is 4.74 Å². The van der Waals surface area contributed by atoms with Gasteiger partial charge in [-0.1, -0.05) is 12.2 Å². The third kappa shape index (κ3) is 2.44. The summed E-state index contributed by atoms with van der Waals surface area (Å²) in [5, 5.41) is 0. The van der Waals surface area contributed by atoms with E-state index in [1.807, 2.05) is 6.20 Å². The number of imidazole rings is 1. The molecule has 17 heavy (non-hydrogen) atoms. The van der Waals surface area contributed by atoms with Gasteiger partial charge in [0.25, 0.3) is 0 Å². The van der Waals surface area contributed by atoms with Crippen LogP contribution in [0.15, 0.2) is 24.5 Å². The molecule has 1 unspecified atom stereocenters. The van der Waals surface area contributed by atoms with E-state index in [0.29, 0.717) is 12.0 Å². The van der Waals surface area contributed by atoms with Crippen LogP contribution < -0.4 is 0 Å². The summed E-state index contributed by atoms with van der Waals surface area (Å²) < 4.78 is 8.01. The molecule has 0 radical (unpaired) electrons. The zero-order valence-electron chi connectivity index (χ0n) is 10.2. The molecule has 1 fully saturated rings. The standard InChI is InChI=1S/C14H20N2O/c1-2-5-12(6-3-1)14-15-8-9-16(14)11-13-7-4-10-17-13/h1-2,8-9,12-13H,3-7,10-11H2/t12?,13-/m0/s1. The van der Waals surface area contributed by atoms with E-state index in [0.717, 1.165) is 19.6 Å². The van der Waals surface area contributed by atoms with Crippen LogP contribution in [-0.2, 0) is 11.3 Å². The highest BCUT2D eigenvalue weighted by molar-refractivity contribution is 5.07. The Bertz CT molecular complexity index is 391. The molecule has 0 aromatic carbocycles. The number of aromatic nitrogens is 2. The van der Waals surface area contributed by atoms with Crippen molar-refractivity contribution in [2.75, 3.05) is 6.61 Å². The Hall–Kier alpha value is -1.09. The number of hydrogen-bond acceptors (Lipinski definition) is 2. The Morgan fingerprint density at radius 3 is 3.12 bits per heavy atom. The van der Waals surface area contributed by atoms with Crippen molar-refractivity contribution in [2.45, 2.75) is 50.7 Å². The second-order valence-electron chi connectivity index (χ2n) is 5.05. The molecule has 2 atom stereocenters. The van der Waals surface area contributed by atoms with Crippen LogP contribution in [0, 0.1) is 0 Å². The lowest BCUT2D eigenvalue weighted by atomic mass is 9.93. The monoisotopic (exact) mass is 232 g/mol. The fraction of sp³-hybridized carbons (Fsp3) is 0.643. The van der Waals surface area contributed by atoms with Crippen molar-refractivity contribution >= 4 is 0 Å². The minimum Gasteiger partial charge on any atom is -0.376 e. The van der Waals surface area contributed by atoms with E-state index in [1.54, 1.807) is 0 Å². The summed E-state index contributed by atoms with van der Waals surface area (Å²) in [6.45, 7) is 1.91. The number of rotatable bonds is 3. The zero-order chi connectivity index (χ0) is 11.5. The van der Waals surface area contributed by atoms with Crippen LogP contribution in [0.1, 0.15) is 43.8 Å². The Labute approximate surface area is 102 Å². The van der Waals surface area contributed by atoms with Gasteiger partial charge in [0.1, 0.15) is 5.82 Å². The van der Waals surface area contributed by atoms with Crippen molar-refractivity contribution in [1.29, 1.82) is 0 Å². The van der Waals surface area contributed by atoms with Crippen molar-refractivity contribution in [2.24, 2.45) is 0 Å². The van der Waals surface area contributed by atoms with Crippen molar-refractivity contribution in [3.05, 3.63) is 30.4 Å². The van der Waals surface area contributed by atoms with Gasteiger partial charge in [-0.25, -0.2) is 4.98 Å². The fourth-order valence-corrected chi connectivity index (χ4v) is 2.87. The fourth-order valence-electron chi connectivity index (χ4n) is 2.87. The summed E-state index contributed by atoms with van der Waals surface area (Å²) in [4.78, 5) is 4.56. The molecule has 3 nitrogen and oxygen atoms in total. The van der Waals surface area contributed by atoms with Crippen molar-refractivity contribution < 1.29 is 4.74 Å². The zero-order valence-corrected chi connectivity index (χ0v) is 10.2. The molecule has 0 amide bonds. The first kappa shape index (κ1) is 11.0. The first-order valence-electron chi connectivity index (χ1n) is 6.71. The van der Waals surface area contributed by atoms with Gasteiger partial charge in [-0.05, 0) is 32.1 Å². The first-order chi connectivity index (χ1) is 8.43. The lowest BCUT2D eigenvalue weighted by molar-refractivity contribution is 0.0959. The number of ether oxygens (including phenoxy) is 1. The van der Waals surface area contributed by atoms with Crippen molar-refractivity contribution in [3.63, 3.8) is 0 Å². The van der Waals surface area contributed by atoms with Gasteiger partial charge in [0.2, 0.25) is 0 Å². The van der Waals surface area contributed by atoms with Crippen molar-refractivity contribution in [1.82, 2.24) is 9.55 Å². The minimum atomic E-state index is 0.405. The summed E-state index contributed by atoms with van der Waals surface area (Å²) in [6, 6.07) is 0. The SMILES string of the molecule is C1=CCC(c2nccn2C[C@@H]2CCCO2)CC1. The molecular weight excluding hydrogens is 212 g/mol. The maximum Gasteiger partial charge on any atom is 0.112 e. The summed E-state index contributed by atoms with van der Waals surface area (Å²) in [7, 11) is 0. The van der Waals surface area contributed by atoms with Gasteiger partial charge in [-0.3, -0.25) is 0 Å². The molecule has 1 saturated heterocycles. The van der Waals surface area contributed by atoms with Gasteiger partial charge >= 0.3 is 0 Å². The van der Waals surface area contributed by atoms with E-state index in [2.05, 4.69) is 27.9 Å². The van der Waals surface area contributed by atoms with Crippen LogP contribution in [0.4, 0.5) is 0 Å².